The van der Waals surface area contributed by atoms with Crippen molar-refractivity contribution in [2.45, 2.75) is 9.79 Å². The van der Waals surface area contributed by atoms with Gasteiger partial charge in [0, 0.05) is 62.0 Å². The molecule has 68 heavy (non-hydrogen) atoms. The SMILES string of the molecule is O=S(=O)(NCCO)c1cc(Nc2nc(Nc3ccccc3)nc(N3CCOCC3)n2)ccc1C=Cc1ccc(Nc2nc(Nc3ccccc3)nc(N3CCOCC3)n2)cc1S(=O)(=O)NCCO. The van der Waals surface area contributed by atoms with Crippen LogP contribution in [0.1, 0.15) is 11.1 Å². The fourth-order valence-corrected chi connectivity index (χ4v) is 9.47. The van der Waals surface area contributed by atoms with Crippen LogP contribution in [0.25, 0.3) is 12.2 Å². The molecule has 2 saturated heterocycles. The summed E-state index contributed by atoms with van der Waals surface area (Å²) >= 11 is 0. The van der Waals surface area contributed by atoms with Crippen LogP contribution in [0.2, 0.25) is 0 Å². The Hall–Kier alpha value is -6.90. The van der Waals surface area contributed by atoms with Gasteiger partial charge in [0.05, 0.1) is 49.4 Å². The minimum atomic E-state index is -4.27. The highest BCUT2D eigenvalue weighted by atomic mass is 32.2. The van der Waals surface area contributed by atoms with Gasteiger partial charge >= 0.3 is 0 Å². The van der Waals surface area contributed by atoms with Crippen LogP contribution in [-0.4, -0.2) is 136 Å². The zero-order chi connectivity index (χ0) is 47.4. The quantitative estimate of drug-likeness (QED) is 0.0509. The van der Waals surface area contributed by atoms with Crippen LogP contribution in [0.3, 0.4) is 0 Å². The van der Waals surface area contributed by atoms with Crippen LogP contribution in [0.4, 0.5) is 58.4 Å². The third kappa shape index (κ3) is 12.5. The van der Waals surface area contributed by atoms with E-state index in [2.05, 4.69) is 60.6 Å². The molecule has 0 atom stereocenters. The normalized spacial score (nSPS) is 14.5. The number of sulfonamides is 2. The Kier molecular flexibility index (Phi) is 15.6. The molecule has 4 aromatic carbocycles. The standard InChI is InChI=1S/C44H50N14O8S2/c59-23-17-45-67(61,62)37-29-35(49-41-51-39(47-33-7-3-1-4-8-33)53-43(55-41)57-19-25-65-26-20-57)15-13-31(37)11-12-32-14-16-36(30-38(32)68(63,64)46-18-24-60)50-42-52-40(48-34-9-5-2-6-10-34)54-44(56-42)58-21-27-66-28-22-58/h1-16,29-30,45-46,59-60H,17-28H2,(H2,47,49,51,53,55)(H2,48,50,52,54,56). The first-order valence-corrected chi connectivity index (χ1v) is 24.5. The van der Waals surface area contributed by atoms with E-state index in [1.807, 2.05) is 70.5 Å². The Labute approximate surface area is 393 Å². The lowest BCUT2D eigenvalue weighted by atomic mass is 10.1. The lowest BCUT2D eigenvalue weighted by molar-refractivity contribution is 0.122. The number of morpholine rings is 2. The number of hydrogen-bond donors (Lipinski definition) is 8. The van der Waals surface area contributed by atoms with Crippen molar-refractivity contribution in [2.75, 3.05) is 110 Å². The summed E-state index contributed by atoms with van der Waals surface area (Å²) in [6.45, 7) is 2.74. The molecule has 0 spiro atoms. The fourth-order valence-electron chi connectivity index (χ4n) is 6.98. The lowest BCUT2D eigenvalue weighted by Gasteiger charge is -2.27. The van der Waals surface area contributed by atoms with Crippen LogP contribution in [0.5, 0.6) is 0 Å². The van der Waals surface area contributed by atoms with E-state index in [1.54, 1.807) is 24.3 Å². The van der Waals surface area contributed by atoms with E-state index in [0.29, 0.717) is 75.9 Å². The summed E-state index contributed by atoms with van der Waals surface area (Å²) < 4.78 is 71.2. The average Bonchev–Trinajstić information content (AvgIpc) is 3.36. The van der Waals surface area contributed by atoms with E-state index >= 15 is 0 Å². The van der Waals surface area contributed by atoms with Gasteiger partial charge in [0.2, 0.25) is 55.7 Å². The second-order valence-electron chi connectivity index (χ2n) is 15.1. The number of aromatic nitrogens is 6. The molecule has 2 aromatic heterocycles. The van der Waals surface area contributed by atoms with E-state index in [9.17, 15) is 27.0 Å². The van der Waals surface area contributed by atoms with Gasteiger partial charge in [-0.25, -0.2) is 26.3 Å². The van der Waals surface area contributed by atoms with Crippen molar-refractivity contribution < 1.29 is 36.5 Å². The molecular formula is C44H50N14O8S2. The van der Waals surface area contributed by atoms with Gasteiger partial charge in [0.25, 0.3) is 0 Å². The Morgan fingerprint density at radius 3 is 1.19 bits per heavy atom. The summed E-state index contributed by atoms with van der Waals surface area (Å²) in [6.07, 6.45) is 2.93. The number of nitrogens with zero attached hydrogens (tertiary/aromatic N) is 8. The molecular weight excluding hydrogens is 917 g/mol. The third-order valence-corrected chi connectivity index (χ3v) is 13.3. The van der Waals surface area contributed by atoms with Crippen molar-refractivity contribution in [2.24, 2.45) is 0 Å². The zero-order valence-electron chi connectivity index (χ0n) is 36.6. The predicted molar refractivity (Wildman–Crippen MR) is 258 cm³/mol. The Balaban J connectivity index is 1.12. The van der Waals surface area contributed by atoms with Gasteiger partial charge in [-0.05, 0) is 59.7 Å². The molecule has 24 heteroatoms. The molecule has 2 fully saturated rings. The maximum atomic E-state index is 13.8. The molecule has 8 rings (SSSR count). The Bertz CT molecular complexity index is 2710. The summed E-state index contributed by atoms with van der Waals surface area (Å²) in [4.78, 5) is 31.3. The minimum absolute atomic E-state index is 0.131. The van der Waals surface area contributed by atoms with Crippen molar-refractivity contribution in [3.05, 3.63) is 108 Å². The topological polar surface area (TPSA) is 283 Å². The smallest absolute Gasteiger partial charge is 0.241 e. The number of hydrogen-bond acceptors (Lipinski definition) is 20. The maximum Gasteiger partial charge on any atom is 0.241 e. The molecule has 0 bridgehead atoms. The summed E-state index contributed by atoms with van der Waals surface area (Å²) in [5.41, 5.74) is 2.47. The Morgan fingerprint density at radius 1 is 0.485 bits per heavy atom. The monoisotopic (exact) mass is 966 g/mol. The molecule has 356 valence electrons. The van der Waals surface area contributed by atoms with E-state index in [-0.39, 0.29) is 57.8 Å². The number of rotatable bonds is 20. The summed E-state index contributed by atoms with van der Waals surface area (Å²) in [5, 5.41) is 31.7. The average molecular weight is 967 g/mol. The number of ether oxygens (including phenoxy) is 2. The summed E-state index contributed by atoms with van der Waals surface area (Å²) in [6, 6.07) is 27.8. The Morgan fingerprint density at radius 2 is 0.838 bits per heavy atom. The molecule has 2 aliphatic rings. The number of aliphatic hydroxyl groups is 2. The third-order valence-electron chi connectivity index (χ3n) is 10.3. The molecule has 0 unspecified atom stereocenters. The summed E-state index contributed by atoms with van der Waals surface area (Å²) in [7, 11) is -8.53. The highest BCUT2D eigenvalue weighted by Crippen LogP contribution is 2.30. The van der Waals surface area contributed by atoms with E-state index in [1.165, 1.54) is 24.3 Å². The van der Waals surface area contributed by atoms with Gasteiger partial charge in [-0.2, -0.15) is 29.9 Å². The minimum Gasteiger partial charge on any atom is -0.395 e. The zero-order valence-corrected chi connectivity index (χ0v) is 38.2. The first-order chi connectivity index (χ1) is 33.0. The molecule has 0 saturated carbocycles. The van der Waals surface area contributed by atoms with Gasteiger partial charge in [0.1, 0.15) is 0 Å². The van der Waals surface area contributed by atoms with Crippen molar-refractivity contribution >= 4 is 90.6 Å². The van der Waals surface area contributed by atoms with Crippen molar-refractivity contribution in [3.8, 4) is 0 Å². The molecule has 6 aromatic rings. The number of para-hydroxylation sites is 2. The van der Waals surface area contributed by atoms with Crippen LogP contribution in [-0.2, 0) is 29.5 Å². The van der Waals surface area contributed by atoms with Crippen LogP contribution in [0, 0.1) is 0 Å². The van der Waals surface area contributed by atoms with Gasteiger partial charge in [-0.15, -0.1) is 0 Å². The van der Waals surface area contributed by atoms with Crippen LogP contribution in [0.15, 0.2) is 107 Å². The highest BCUT2D eigenvalue weighted by Gasteiger charge is 2.23. The maximum absolute atomic E-state index is 13.8. The molecule has 0 radical (unpaired) electrons. The van der Waals surface area contributed by atoms with Crippen molar-refractivity contribution in [3.63, 3.8) is 0 Å². The van der Waals surface area contributed by atoms with Gasteiger partial charge in [-0.1, -0.05) is 60.7 Å². The van der Waals surface area contributed by atoms with Gasteiger partial charge in [-0.3, -0.25) is 0 Å². The second kappa shape index (κ2) is 22.3. The van der Waals surface area contributed by atoms with E-state index in [4.69, 9.17) is 9.47 Å². The number of aliphatic hydroxyl groups excluding tert-OH is 2. The largest absolute Gasteiger partial charge is 0.395 e. The number of anilines is 10. The van der Waals surface area contributed by atoms with Crippen molar-refractivity contribution in [1.82, 2.24) is 39.3 Å². The predicted octanol–water partition coefficient (Wildman–Crippen LogP) is 3.42. The van der Waals surface area contributed by atoms with E-state index in [0.717, 1.165) is 11.4 Å². The fraction of sp³-hybridized carbons (Fsp3) is 0.273. The first-order valence-electron chi connectivity index (χ1n) is 21.6. The second-order valence-corrected chi connectivity index (χ2v) is 18.5. The molecule has 0 aliphatic carbocycles. The van der Waals surface area contributed by atoms with Crippen molar-refractivity contribution in [1.29, 1.82) is 0 Å². The molecule has 2 aliphatic heterocycles. The lowest BCUT2D eigenvalue weighted by Crippen LogP contribution is -2.37. The highest BCUT2D eigenvalue weighted by molar-refractivity contribution is 7.89. The molecule has 4 heterocycles. The molecule has 8 N–H and O–H groups in total. The number of nitrogens with one attached hydrogen (secondary N) is 6. The van der Waals surface area contributed by atoms with Gasteiger partial charge < -0.3 is 50.8 Å². The molecule has 22 nitrogen and oxygen atoms in total. The number of benzene rings is 4. The van der Waals surface area contributed by atoms with Crippen LogP contribution >= 0.6 is 0 Å². The summed E-state index contributed by atoms with van der Waals surface area (Å²) in [5.74, 6) is 1.54. The first kappa shape index (κ1) is 47.6. The molecule has 0 amide bonds. The van der Waals surface area contributed by atoms with Crippen LogP contribution < -0.4 is 40.5 Å². The van der Waals surface area contributed by atoms with E-state index < -0.39 is 33.3 Å². The van der Waals surface area contributed by atoms with Gasteiger partial charge in [0.15, 0.2) is 0 Å².